The standard InChI is InChI=1S/C22H31N3O5/c1-16(2)29-12-11-28-15-19(26)14-25(4)22(27)24-18-7-10-21(23-13-18)30-20-8-5-17(3)6-9-20/h5-10,13,16,19,26H,11-12,14-15H2,1-4H3,(H,24,27). The SMILES string of the molecule is Cc1ccc(Oc2ccc(NC(=O)N(C)CC(O)COCCOC(C)C)cn2)cc1. The molecule has 164 valence electrons. The van der Waals surface area contributed by atoms with Gasteiger partial charge < -0.3 is 29.5 Å². The number of anilines is 1. The molecule has 1 unspecified atom stereocenters. The van der Waals surface area contributed by atoms with Gasteiger partial charge in [-0.2, -0.15) is 0 Å². The van der Waals surface area contributed by atoms with E-state index >= 15 is 0 Å². The monoisotopic (exact) mass is 417 g/mol. The molecule has 0 fully saturated rings. The third kappa shape index (κ3) is 8.77. The molecule has 0 saturated carbocycles. The zero-order chi connectivity index (χ0) is 21.9. The number of amides is 2. The van der Waals surface area contributed by atoms with Crippen LogP contribution >= 0.6 is 0 Å². The van der Waals surface area contributed by atoms with Gasteiger partial charge in [-0.1, -0.05) is 17.7 Å². The van der Waals surface area contributed by atoms with Crippen LogP contribution in [-0.4, -0.2) is 66.6 Å². The van der Waals surface area contributed by atoms with Crippen LogP contribution in [0.5, 0.6) is 11.6 Å². The van der Waals surface area contributed by atoms with Crippen molar-refractivity contribution in [3.05, 3.63) is 48.2 Å². The zero-order valence-corrected chi connectivity index (χ0v) is 18.0. The fourth-order valence-electron chi connectivity index (χ4n) is 2.47. The van der Waals surface area contributed by atoms with Crippen LogP contribution < -0.4 is 10.1 Å². The van der Waals surface area contributed by atoms with Gasteiger partial charge in [0.1, 0.15) is 5.75 Å². The van der Waals surface area contributed by atoms with Crippen molar-refractivity contribution < 1.29 is 24.1 Å². The van der Waals surface area contributed by atoms with Gasteiger partial charge in [-0.25, -0.2) is 9.78 Å². The first-order valence-electron chi connectivity index (χ1n) is 9.93. The molecule has 0 radical (unpaired) electrons. The normalized spacial score (nSPS) is 11.9. The molecular weight excluding hydrogens is 386 g/mol. The van der Waals surface area contributed by atoms with Crippen LogP contribution in [0.1, 0.15) is 19.4 Å². The maximum Gasteiger partial charge on any atom is 0.321 e. The van der Waals surface area contributed by atoms with Gasteiger partial charge in [0, 0.05) is 13.1 Å². The van der Waals surface area contributed by atoms with Crippen LogP contribution in [0.4, 0.5) is 10.5 Å². The van der Waals surface area contributed by atoms with Gasteiger partial charge in [0.2, 0.25) is 5.88 Å². The number of aliphatic hydroxyl groups excluding tert-OH is 1. The second-order valence-electron chi connectivity index (χ2n) is 7.26. The Labute approximate surface area is 177 Å². The Morgan fingerprint density at radius 1 is 1.17 bits per heavy atom. The third-order valence-electron chi connectivity index (χ3n) is 4.05. The summed E-state index contributed by atoms with van der Waals surface area (Å²) in [7, 11) is 1.60. The number of rotatable bonds is 11. The number of aliphatic hydroxyl groups is 1. The number of carbonyl (C=O) groups excluding carboxylic acids is 1. The highest BCUT2D eigenvalue weighted by atomic mass is 16.5. The van der Waals surface area contributed by atoms with Gasteiger partial charge in [0.05, 0.1) is 50.5 Å². The fourth-order valence-corrected chi connectivity index (χ4v) is 2.47. The molecule has 0 aliphatic heterocycles. The minimum Gasteiger partial charge on any atom is -0.439 e. The van der Waals surface area contributed by atoms with E-state index in [0.717, 1.165) is 5.56 Å². The van der Waals surface area contributed by atoms with E-state index in [1.165, 1.54) is 11.1 Å². The van der Waals surface area contributed by atoms with Crippen molar-refractivity contribution in [3.63, 3.8) is 0 Å². The number of carbonyl (C=O) groups is 1. The van der Waals surface area contributed by atoms with Crippen LogP contribution in [0.15, 0.2) is 42.6 Å². The van der Waals surface area contributed by atoms with E-state index in [0.29, 0.717) is 30.5 Å². The van der Waals surface area contributed by atoms with E-state index in [-0.39, 0.29) is 25.3 Å². The number of aryl methyl sites for hydroxylation is 1. The van der Waals surface area contributed by atoms with Crippen LogP contribution in [0.25, 0.3) is 0 Å². The Balaban J connectivity index is 1.73. The summed E-state index contributed by atoms with van der Waals surface area (Å²) in [6, 6.07) is 10.7. The van der Waals surface area contributed by atoms with Gasteiger partial charge in [-0.05, 0) is 39.0 Å². The summed E-state index contributed by atoms with van der Waals surface area (Å²) in [5.74, 6) is 1.12. The molecule has 1 aromatic heterocycles. The topological polar surface area (TPSA) is 93.2 Å². The molecule has 2 N–H and O–H groups in total. The molecule has 0 aliphatic carbocycles. The predicted octanol–water partition coefficient (Wildman–Crippen LogP) is 3.45. The van der Waals surface area contributed by atoms with Gasteiger partial charge in [-0.15, -0.1) is 0 Å². The van der Waals surface area contributed by atoms with E-state index in [4.69, 9.17) is 14.2 Å². The highest BCUT2D eigenvalue weighted by Crippen LogP contribution is 2.20. The Morgan fingerprint density at radius 2 is 1.90 bits per heavy atom. The molecule has 8 heteroatoms. The van der Waals surface area contributed by atoms with E-state index in [1.54, 1.807) is 19.2 Å². The van der Waals surface area contributed by atoms with E-state index in [9.17, 15) is 9.90 Å². The number of nitrogens with zero attached hydrogens (tertiary/aromatic N) is 2. The van der Waals surface area contributed by atoms with Crippen molar-refractivity contribution >= 4 is 11.7 Å². The maximum absolute atomic E-state index is 12.3. The van der Waals surface area contributed by atoms with Gasteiger partial charge >= 0.3 is 6.03 Å². The number of likely N-dealkylation sites (N-methyl/N-ethyl adjacent to an activating group) is 1. The molecule has 2 rings (SSSR count). The zero-order valence-electron chi connectivity index (χ0n) is 18.0. The Hall–Kier alpha value is -2.68. The minimum absolute atomic E-state index is 0.131. The second-order valence-corrected chi connectivity index (χ2v) is 7.26. The molecule has 0 saturated heterocycles. The first-order valence-corrected chi connectivity index (χ1v) is 9.93. The van der Waals surface area contributed by atoms with Crippen LogP contribution in [-0.2, 0) is 9.47 Å². The Bertz CT molecular complexity index is 765. The summed E-state index contributed by atoms with van der Waals surface area (Å²) < 4.78 is 16.4. The number of hydrogen-bond donors (Lipinski definition) is 2. The number of nitrogens with one attached hydrogen (secondary N) is 1. The van der Waals surface area contributed by atoms with E-state index in [1.807, 2.05) is 45.0 Å². The van der Waals surface area contributed by atoms with Crippen molar-refractivity contribution in [1.29, 1.82) is 0 Å². The first-order chi connectivity index (χ1) is 14.3. The summed E-state index contributed by atoms with van der Waals surface area (Å²) in [5.41, 5.74) is 1.67. The maximum atomic E-state index is 12.3. The van der Waals surface area contributed by atoms with Gasteiger partial charge in [-0.3, -0.25) is 0 Å². The average molecular weight is 418 g/mol. The summed E-state index contributed by atoms with van der Waals surface area (Å²) in [6.07, 6.45) is 0.873. The summed E-state index contributed by atoms with van der Waals surface area (Å²) in [5, 5.41) is 12.8. The highest BCUT2D eigenvalue weighted by Gasteiger charge is 2.14. The lowest BCUT2D eigenvalue weighted by molar-refractivity contribution is -0.0144. The molecule has 1 aromatic carbocycles. The highest BCUT2D eigenvalue weighted by molar-refractivity contribution is 5.88. The molecule has 0 bridgehead atoms. The number of hydrogen-bond acceptors (Lipinski definition) is 6. The van der Waals surface area contributed by atoms with Gasteiger partial charge in [0.25, 0.3) is 0 Å². The molecule has 2 amide bonds. The quantitative estimate of drug-likeness (QED) is 0.544. The molecular formula is C22H31N3O5. The van der Waals surface area contributed by atoms with E-state index < -0.39 is 6.10 Å². The van der Waals surface area contributed by atoms with Crippen molar-refractivity contribution in [2.45, 2.75) is 33.0 Å². The number of benzene rings is 1. The van der Waals surface area contributed by atoms with Gasteiger partial charge in [0.15, 0.2) is 0 Å². The lowest BCUT2D eigenvalue weighted by atomic mass is 10.2. The average Bonchev–Trinajstić information content (AvgIpc) is 2.70. The van der Waals surface area contributed by atoms with Crippen LogP contribution in [0.2, 0.25) is 0 Å². The summed E-state index contributed by atoms with van der Waals surface area (Å²) >= 11 is 0. The largest absolute Gasteiger partial charge is 0.439 e. The smallest absolute Gasteiger partial charge is 0.321 e. The molecule has 1 atom stereocenters. The lowest BCUT2D eigenvalue weighted by Gasteiger charge is -2.21. The second kappa shape index (κ2) is 12.1. The number of pyridine rings is 1. The molecule has 1 heterocycles. The van der Waals surface area contributed by atoms with Crippen LogP contribution in [0, 0.1) is 6.92 Å². The molecule has 8 nitrogen and oxygen atoms in total. The first kappa shape index (κ1) is 23.6. The van der Waals surface area contributed by atoms with Crippen LogP contribution in [0.3, 0.4) is 0 Å². The number of ether oxygens (including phenoxy) is 3. The predicted molar refractivity (Wildman–Crippen MR) is 115 cm³/mol. The van der Waals surface area contributed by atoms with Crippen molar-refractivity contribution in [1.82, 2.24) is 9.88 Å². The van der Waals surface area contributed by atoms with E-state index in [2.05, 4.69) is 10.3 Å². The number of urea groups is 1. The summed E-state index contributed by atoms with van der Waals surface area (Å²) in [6.45, 7) is 7.03. The molecule has 0 spiro atoms. The summed E-state index contributed by atoms with van der Waals surface area (Å²) in [4.78, 5) is 17.9. The Morgan fingerprint density at radius 3 is 2.53 bits per heavy atom. The van der Waals surface area contributed by atoms with Crippen molar-refractivity contribution in [2.24, 2.45) is 0 Å². The van der Waals surface area contributed by atoms with Crippen molar-refractivity contribution in [3.8, 4) is 11.6 Å². The molecule has 2 aromatic rings. The van der Waals surface area contributed by atoms with Crippen molar-refractivity contribution in [2.75, 3.05) is 38.7 Å². The number of aromatic nitrogens is 1. The third-order valence-corrected chi connectivity index (χ3v) is 4.05. The lowest BCUT2D eigenvalue weighted by Crippen LogP contribution is -2.39. The Kier molecular flexibility index (Phi) is 9.53. The minimum atomic E-state index is -0.789. The fraction of sp³-hybridized carbons (Fsp3) is 0.455. The molecule has 0 aliphatic rings. The molecule has 30 heavy (non-hydrogen) atoms.